The van der Waals surface area contributed by atoms with Gasteiger partial charge in [-0.2, -0.15) is 0 Å². The van der Waals surface area contributed by atoms with Crippen molar-refractivity contribution in [2.75, 3.05) is 23.9 Å². The van der Waals surface area contributed by atoms with Gasteiger partial charge in [-0.05, 0) is 42.3 Å². The molecule has 1 atom stereocenters. The second-order valence-electron chi connectivity index (χ2n) is 7.31. The fourth-order valence-corrected chi connectivity index (χ4v) is 3.61. The van der Waals surface area contributed by atoms with E-state index in [1.54, 1.807) is 31.3 Å². The first-order chi connectivity index (χ1) is 14.3. The van der Waals surface area contributed by atoms with E-state index in [0.29, 0.717) is 28.3 Å². The van der Waals surface area contributed by atoms with Gasteiger partial charge in [0.1, 0.15) is 11.6 Å². The Balaban J connectivity index is 1.64. The number of halogens is 1. The average molecular weight is 409 g/mol. The highest BCUT2D eigenvalue weighted by atomic mass is 19.1. The van der Waals surface area contributed by atoms with Gasteiger partial charge in [-0.15, -0.1) is 0 Å². The van der Waals surface area contributed by atoms with Gasteiger partial charge < -0.3 is 20.3 Å². The van der Waals surface area contributed by atoms with Gasteiger partial charge in [0.15, 0.2) is 6.61 Å². The van der Waals surface area contributed by atoms with Crippen molar-refractivity contribution in [2.24, 2.45) is 0 Å². The lowest BCUT2D eigenvalue weighted by Gasteiger charge is -2.28. The molecule has 154 valence electrons. The molecule has 0 spiro atoms. The second kappa shape index (κ2) is 7.62. The molecule has 2 heterocycles. The highest BCUT2D eigenvalue weighted by molar-refractivity contribution is 6.07. The molecular weight excluding hydrogens is 389 g/mol. The number of hydrogen-bond donors (Lipinski definition) is 2. The monoisotopic (exact) mass is 409 g/mol. The Labute approximate surface area is 172 Å². The van der Waals surface area contributed by atoms with E-state index in [-0.39, 0.29) is 24.8 Å². The number of benzene rings is 2. The zero-order valence-corrected chi connectivity index (χ0v) is 16.5. The van der Waals surface area contributed by atoms with Crippen LogP contribution in [0.1, 0.15) is 23.5 Å². The third-order valence-electron chi connectivity index (χ3n) is 5.31. The number of carbonyl (C=O) groups excluding carboxylic acids is 3. The van der Waals surface area contributed by atoms with Gasteiger partial charge >= 0.3 is 0 Å². The summed E-state index contributed by atoms with van der Waals surface area (Å²) in [6.07, 6.45) is 1.40. The molecule has 7 nitrogen and oxygen atoms in total. The zero-order chi connectivity index (χ0) is 21.4. The largest absolute Gasteiger partial charge is 0.482 e. The van der Waals surface area contributed by atoms with E-state index in [1.165, 1.54) is 23.2 Å². The summed E-state index contributed by atoms with van der Waals surface area (Å²) in [6, 6.07) is 9.31. The molecule has 30 heavy (non-hydrogen) atoms. The van der Waals surface area contributed by atoms with Crippen LogP contribution in [0.25, 0.3) is 0 Å². The topological polar surface area (TPSA) is 87.7 Å². The minimum atomic E-state index is -0.569. The van der Waals surface area contributed by atoms with Crippen molar-refractivity contribution in [1.29, 1.82) is 0 Å². The molecule has 2 aromatic carbocycles. The fourth-order valence-electron chi connectivity index (χ4n) is 3.61. The summed E-state index contributed by atoms with van der Waals surface area (Å²) >= 11 is 0. The maximum atomic E-state index is 13.7. The first kappa shape index (κ1) is 19.6. The normalized spacial score (nSPS) is 18.2. The summed E-state index contributed by atoms with van der Waals surface area (Å²) < 4.78 is 19.2. The van der Waals surface area contributed by atoms with Crippen LogP contribution < -0.4 is 20.3 Å². The van der Waals surface area contributed by atoms with E-state index >= 15 is 0 Å². The third kappa shape index (κ3) is 3.63. The first-order valence-electron chi connectivity index (χ1n) is 9.43. The molecule has 1 unspecified atom stereocenters. The van der Waals surface area contributed by atoms with Crippen LogP contribution in [0, 0.1) is 12.7 Å². The van der Waals surface area contributed by atoms with Crippen molar-refractivity contribution in [3.63, 3.8) is 0 Å². The van der Waals surface area contributed by atoms with Crippen molar-refractivity contribution in [2.45, 2.75) is 19.3 Å². The molecule has 0 fully saturated rings. The molecule has 0 radical (unpaired) electrons. The van der Waals surface area contributed by atoms with Crippen molar-refractivity contribution in [1.82, 2.24) is 5.32 Å². The van der Waals surface area contributed by atoms with Crippen LogP contribution in [0.2, 0.25) is 0 Å². The van der Waals surface area contributed by atoms with Crippen LogP contribution in [0.15, 0.2) is 48.2 Å². The maximum Gasteiger partial charge on any atom is 0.264 e. The van der Waals surface area contributed by atoms with Gasteiger partial charge in [0.2, 0.25) is 5.91 Å². The minimum Gasteiger partial charge on any atom is -0.482 e. The number of amides is 3. The lowest BCUT2D eigenvalue weighted by Crippen LogP contribution is -2.35. The number of aryl methyl sites for hydroxylation is 1. The molecule has 4 rings (SSSR count). The Bertz CT molecular complexity index is 1100. The van der Waals surface area contributed by atoms with E-state index in [0.717, 1.165) is 5.56 Å². The number of carbonyl (C=O) groups is 3. The SMILES string of the molecule is Cc1cc2c(cc1NC(=O)C1=CNC(=O)CC1c1cccc(F)c1)N(C)C(=O)CO2. The van der Waals surface area contributed by atoms with Crippen molar-refractivity contribution >= 4 is 29.1 Å². The maximum absolute atomic E-state index is 13.7. The Morgan fingerprint density at radius 2 is 2.07 bits per heavy atom. The van der Waals surface area contributed by atoms with Gasteiger partial charge in [-0.1, -0.05) is 12.1 Å². The van der Waals surface area contributed by atoms with Gasteiger partial charge in [0.05, 0.1) is 5.69 Å². The summed E-state index contributed by atoms with van der Waals surface area (Å²) in [7, 11) is 1.64. The Kier molecular flexibility index (Phi) is 4.99. The number of fused-ring (bicyclic) bond motifs is 1. The number of nitrogens with zero attached hydrogens (tertiary/aromatic N) is 1. The minimum absolute atomic E-state index is 0.0312. The van der Waals surface area contributed by atoms with E-state index < -0.39 is 17.6 Å². The molecule has 2 aliphatic rings. The molecule has 0 saturated heterocycles. The van der Waals surface area contributed by atoms with Crippen molar-refractivity contribution < 1.29 is 23.5 Å². The van der Waals surface area contributed by atoms with Crippen LogP contribution in [0.3, 0.4) is 0 Å². The summed E-state index contributed by atoms with van der Waals surface area (Å²) in [4.78, 5) is 38.4. The number of hydrogen-bond acceptors (Lipinski definition) is 4. The highest BCUT2D eigenvalue weighted by Gasteiger charge is 2.30. The molecule has 0 bridgehead atoms. The summed E-state index contributed by atoms with van der Waals surface area (Å²) in [5.74, 6) is -1.29. The number of anilines is 2. The predicted molar refractivity (Wildman–Crippen MR) is 109 cm³/mol. The number of likely N-dealkylation sites (N-methyl/N-ethyl adjacent to an activating group) is 1. The van der Waals surface area contributed by atoms with E-state index in [4.69, 9.17) is 4.74 Å². The Morgan fingerprint density at radius 3 is 2.83 bits per heavy atom. The molecular formula is C22H20FN3O4. The fraction of sp³-hybridized carbons (Fsp3) is 0.227. The van der Waals surface area contributed by atoms with Crippen LogP contribution >= 0.6 is 0 Å². The highest BCUT2D eigenvalue weighted by Crippen LogP contribution is 2.37. The van der Waals surface area contributed by atoms with Gasteiger partial charge in [0, 0.05) is 36.8 Å². The molecule has 3 amide bonds. The molecule has 2 aliphatic heterocycles. The first-order valence-corrected chi connectivity index (χ1v) is 9.43. The lowest BCUT2D eigenvalue weighted by atomic mass is 9.86. The second-order valence-corrected chi connectivity index (χ2v) is 7.31. The molecule has 0 saturated carbocycles. The number of rotatable bonds is 3. The Morgan fingerprint density at radius 1 is 1.27 bits per heavy atom. The van der Waals surface area contributed by atoms with Crippen LogP contribution in [-0.4, -0.2) is 31.4 Å². The summed E-state index contributed by atoms with van der Waals surface area (Å²) in [6.45, 7) is 1.79. The van der Waals surface area contributed by atoms with Crippen LogP contribution in [0.5, 0.6) is 5.75 Å². The van der Waals surface area contributed by atoms with Gasteiger partial charge in [-0.3, -0.25) is 14.4 Å². The lowest BCUT2D eigenvalue weighted by molar-refractivity contribution is -0.121. The van der Waals surface area contributed by atoms with Gasteiger partial charge in [0.25, 0.3) is 11.8 Å². The number of nitrogens with one attached hydrogen (secondary N) is 2. The van der Waals surface area contributed by atoms with E-state index in [2.05, 4.69) is 10.6 Å². The van der Waals surface area contributed by atoms with Gasteiger partial charge in [-0.25, -0.2) is 4.39 Å². The number of ether oxygens (including phenoxy) is 1. The zero-order valence-electron chi connectivity index (χ0n) is 16.5. The molecule has 8 heteroatoms. The van der Waals surface area contributed by atoms with Crippen LogP contribution in [0.4, 0.5) is 15.8 Å². The van der Waals surface area contributed by atoms with Crippen LogP contribution in [-0.2, 0) is 14.4 Å². The molecule has 2 aromatic rings. The predicted octanol–water partition coefficient (Wildman–Crippen LogP) is 2.62. The third-order valence-corrected chi connectivity index (χ3v) is 5.31. The molecule has 0 aromatic heterocycles. The summed E-state index contributed by atoms with van der Waals surface area (Å²) in [5.41, 5.74) is 2.69. The quantitative estimate of drug-likeness (QED) is 0.816. The van der Waals surface area contributed by atoms with E-state index in [1.807, 2.05) is 6.92 Å². The molecule has 2 N–H and O–H groups in total. The smallest absolute Gasteiger partial charge is 0.264 e. The standard InChI is InChI=1S/C22H20FN3O4/c1-12-6-19-18(26(2)21(28)11-30-19)9-17(12)25-22(29)16-10-24-20(27)8-15(16)13-4-3-5-14(23)7-13/h3-7,9-10,15H,8,11H2,1-2H3,(H,24,27)(H,25,29). The average Bonchev–Trinajstić information content (AvgIpc) is 2.72. The Hall–Kier alpha value is -3.68. The summed E-state index contributed by atoms with van der Waals surface area (Å²) in [5, 5.41) is 5.41. The van der Waals surface area contributed by atoms with Crippen molar-refractivity contribution in [3.8, 4) is 5.75 Å². The molecule has 0 aliphatic carbocycles. The van der Waals surface area contributed by atoms with E-state index in [9.17, 15) is 18.8 Å². The van der Waals surface area contributed by atoms with Crippen molar-refractivity contribution in [3.05, 3.63) is 65.1 Å².